The van der Waals surface area contributed by atoms with Gasteiger partial charge in [0.05, 0.1) is 6.61 Å². The van der Waals surface area contributed by atoms with Crippen LogP contribution in [0.5, 0.6) is 0 Å². The molecular weight excluding hydrogens is 234 g/mol. The van der Waals surface area contributed by atoms with Crippen LogP contribution in [0.4, 0.5) is 0 Å². The van der Waals surface area contributed by atoms with Gasteiger partial charge in [0.1, 0.15) is 0 Å². The number of ether oxygens (including phenoxy) is 1. The quantitative estimate of drug-likeness (QED) is 0.785. The van der Waals surface area contributed by atoms with Crippen LogP contribution in [0.1, 0.15) is 56.6 Å². The largest absolute Gasteiger partial charge is 0.377 e. The van der Waals surface area contributed by atoms with E-state index in [1.54, 1.807) is 0 Å². The second-order valence-electron chi connectivity index (χ2n) is 5.88. The molecular formula is C17H27NO. The van der Waals surface area contributed by atoms with E-state index < -0.39 is 0 Å². The summed E-state index contributed by atoms with van der Waals surface area (Å²) in [5.41, 5.74) is 2.68. The summed E-state index contributed by atoms with van der Waals surface area (Å²) in [5.74, 6) is 0.604. The Kier molecular flexibility index (Phi) is 5.87. The molecule has 1 aromatic rings. The highest BCUT2D eigenvalue weighted by Gasteiger charge is 2.11. The second-order valence-corrected chi connectivity index (χ2v) is 5.88. The van der Waals surface area contributed by atoms with Crippen LogP contribution < -0.4 is 5.32 Å². The predicted octanol–water partition coefficient (Wildman–Crippen LogP) is 3.86. The highest BCUT2D eigenvalue weighted by molar-refractivity contribution is 5.24. The molecule has 2 rings (SSSR count). The van der Waals surface area contributed by atoms with E-state index in [4.69, 9.17) is 4.74 Å². The fraction of sp³-hybridized carbons (Fsp3) is 0.647. The van der Waals surface area contributed by atoms with Gasteiger partial charge in [-0.1, -0.05) is 44.5 Å². The van der Waals surface area contributed by atoms with Gasteiger partial charge in [-0.05, 0) is 42.9 Å². The maximum Gasteiger partial charge on any atom is 0.0716 e. The zero-order chi connectivity index (χ0) is 13.5. The normalized spacial score (nSPS) is 19.8. The summed E-state index contributed by atoms with van der Waals surface area (Å²) in [6.07, 6.45) is 5.16. The van der Waals surface area contributed by atoms with E-state index >= 15 is 0 Å². The zero-order valence-electron chi connectivity index (χ0n) is 12.3. The maximum atomic E-state index is 5.78. The van der Waals surface area contributed by atoms with Crippen LogP contribution in [-0.4, -0.2) is 19.2 Å². The first-order valence-electron chi connectivity index (χ1n) is 7.65. The minimum absolute atomic E-state index is 0.604. The Morgan fingerprint density at radius 1 is 1.21 bits per heavy atom. The van der Waals surface area contributed by atoms with Crippen molar-refractivity contribution in [2.75, 3.05) is 13.2 Å². The average Bonchev–Trinajstić information content (AvgIpc) is 2.45. The summed E-state index contributed by atoms with van der Waals surface area (Å²) in [7, 11) is 0. The van der Waals surface area contributed by atoms with E-state index in [9.17, 15) is 0 Å². The van der Waals surface area contributed by atoms with Gasteiger partial charge in [-0.2, -0.15) is 0 Å². The molecule has 1 saturated heterocycles. The van der Waals surface area contributed by atoms with Gasteiger partial charge in [0.25, 0.3) is 0 Å². The number of piperidine rings is 1. The maximum absolute atomic E-state index is 5.78. The van der Waals surface area contributed by atoms with Gasteiger partial charge in [-0.25, -0.2) is 0 Å². The lowest BCUT2D eigenvalue weighted by molar-refractivity contribution is 0.108. The monoisotopic (exact) mass is 261 g/mol. The van der Waals surface area contributed by atoms with Gasteiger partial charge in [0.2, 0.25) is 0 Å². The SMILES string of the molecule is CC(C)c1ccc(COCC[C@H]2CCCCN2)cc1. The lowest BCUT2D eigenvalue weighted by Crippen LogP contribution is -2.34. The molecule has 2 nitrogen and oxygen atoms in total. The van der Waals surface area contributed by atoms with E-state index in [1.165, 1.54) is 36.9 Å². The molecule has 0 bridgehead atoms. The number of nitrogens with one attached hydrogen (secondary N) is 1. The van der Waals surface area contributed by atoms with Crippen molar-refractivity contribution in [2.24, 2.45) is 0 Å². The van der Waals surface area contributed by atoms with Gasteiger partial charge in [0, 0.05) is 12.6 Å². The van der Waals surface area contributed by atoms with Crippen LogP contribution >= 0.6 is 0 Å². The summed E-state index contributed by atoms with van der Waals surface area (Å²) >= 11 is 0. The van der Waals surface area contributed by atoms with Crippen molar-refractivity contribution in [1.29, 1.82) is 0 Å². The van der Waals surface area contributed by atoms with Crippen LogP contribution in [0.3, 0.4) is 0 Å². The van der Waals surface area contributed by atoms with Crippen LogP contribution in [0.15, 0.2) is 24.3 Å². The van der Waals surface area contributed by atoms with E-state index in [0.717, 1.165) is 19.6 Å². The van der Waals surface area contributed by atoms with Crippen molar-refractivity contribution in [3.8, 4) is 0 Å². The Labute approximate surface area is 117 Å². The Hall–Kier alpha value is -0.860. The van der Waals surface area contributed by atoms with E-state index in [1.807, 2.05) is 0 Å². The standard InChI is InChI=1S/C17H27NO/c1-14(2)16-8-6-15(7-9-16)13-19-12-10-17-5-3-4-11-18-17/h6-9,14,17-18H,3-5,10-13H2,1-2H3/t17-/m1/s1. The summed E-state index contributed by atoms with van der Waals surface area (Å²) in [5, 5.41) is 3.56. The molecule has 0 amide bonds. The summed E-state index contributed by atoms with van der Waals surface area (Å²) in [6, 6.07) is 9.48. The fourth-order valence-electron chi connectivity index (χ4n) is 2.58. The molecule has 1 N–H and O–H groups in total. The Balaban J connectivity index is 1.64. The number of rotatable bonds is 6. The first-order valence-corrected chi connectivity index (χ1v) is 7.65. The Morgan fingerprint density at radius 3 is 2.63 bits per heavy atom. The average molecular weight is 261 g/mol. The van der Waals surface area contributed by atoms with Crippen molar-refractivity contribution >= 4 is 0 Å². The van der Waals surface area contributed by atoms with Crippen molar-refractivity contribution < 1.29 is 4.74 Å². The fourth-order valence-corrected chi connectivity index (χ4v) is 2.58. The molecule has 1 aliphatic rings. The molecule has 1 aliphatic heterocycles. The lowest BCUT2D eigenvalue weighted by Gasteiger charge is -2.23. The molecule has 2 heteroatoms. The van der Waals surface area contributed by atoms with Gasteiger partial charge >= 0.3 is 0 Å². The summed E-state index contributed by atoms with van der Waals surface area (Å²) in [4.78, 5) is 0. The molecule has 1 atom stereocenters. The lowest BCUT2D eigenvalue weighted by atomic mass is 10.0. The Bertz CT molecular complexity index is 352. The second kappa shape index (κ2) is 7.66. The molecule has 1 aromatic carbocycles. The van der Waals surface area contributed by atoms with E-state index in [2.05, 4.69) is 43.4 Å². The molecule has 0 aromatic heterocycles. The third-order valence-electron chi connectivity index (χ3n) is 3.94. The third kappa shape index (κ3) is 4.96. The summed E-state index contributed by atoms with van der Waals surface area (Å²) in [6.45, 7) is 7.24. The van der Waals surface area contributed by atoms with Crippen LogP contribution in [-0.2, 0) is 11.3 Å². The molecule has 0 aliphatic carbocycles. The van der Waals surface area contributed by atoms with E-state index in [0.29, 0.717) is 12.0 Å². The molecule has 0 saturated carbocycles. The predicted molar refractivity (Wildman–Crippen MR) is 80.4 cm³/mol. The summed E-state index contributed by atoms with van der Waals surface area (Å²) < 4.78 is 5.78. The van der Waals surface area contributed by atoms with Crippen molar-refractivity contribution in [2.45, 2.75) is 58.1 Å². The smallest absolute Gasteiger partial charge is 0.0716 e. The first-order chi connectivity index (χ1) is 9.25. The van der Waals surface area contributed by atoms with Crippen LogP contribution in [0.2, 0.25) is 0 Å². The third-order valence-corrected chi connectivity index (χ3v) is 3.94. The molecule has 1 heterocycles. The highest BCUT2D eigenvalue weighted by Crippen LogP contribution is 2.15. The van der Waals surface area contributed by atoms with Crippen LogP contribution in [0, 0.1) is 0 Å². The van der Waals surface area contributed by atoms with Crippen molar-refractivity contribution in [1.82, 2.24) is 5.32 Å². The molecule has 0 unspecified atom stereocenters. The number of hydrogen-bond acceptors (Lipinski definition) is 2. The molecule has 1 fully saturated rings. The number of benzene rings is 1. The minimum Gasteiger partial charge on any atom is -0.377 e. The highest BCUT2D eigenvalue weighted by atomic mass is 16.5. The number of hydrogen-bond donors (Lipinski definition) is 1. The van der Waals surface area contributed by atoms with Gasteiger partial charge < -0.3 is 10.1 Å². The van der Waals surface area contributed by atoms with Crippen molar-refractivity contribution in [3.63, 3.8) is 0 Å². The Morgan fingerprint density at radius 2 is 2.00 bits per heavy atom. The molecule has 0 spiro atoms. The minimum atomic E-state index is 0.604. The van der Waals surface area contributed by atoms with Gasteiger partial charge in [0.15, 0.2) is 0 Å². The zero-order valence-corrected chi connectivity index (χ0v) is 12.3. The van der Waals surface area contributed by atoms with E-state index in [-0.39, 0.29) is 0 Å². The van der Waals surface area contributed by atoms with Gasteiger partial charge in [-0.3, -0.25) is 0 Å². The van der Waals surface area contributed by atoms with Crippen LogP contribution in [0.25, 0.3) is 0 Å². The molecule has 106 valence electrons. The topological polar surface area (TPSA) is 21.3 Å². The first kappa shape index (κ1) is 14.5. The van der Waals surface area contributed by atoms with Gasteiger partial charge in [-0.15, -0.1) is 0 Å². The molecule has 0 radical (unpaired) electrons. The van der Waals surface area contributed by atoms with Crippen molar-refractivity contribution in [3.05, 3.63) is 35.4 Å². The molecule has 19 heavy (non-hydrogen) atoms.